The van der Waals surface area contributed by atoms with E-state index in [1.165, 1.54) is 11.1 Å². The summed E-state index contributed by atoms with van der Waals surface area (Å²) < 4.78 is 16.9. The molecule has 0 radical (unpaired) electrons. The Kier molecular flexibility index (Phi) is 9.82. The minimum atomic E-state index is -1.18. The van der Waals surface area contributed by atoms with E-state index in [4.69, 9.17) is 14.2 Å². The fourth-order valence-corrected chi connectivity index (χ4v) is 4.72. The predicted molar refractivity (Wildman–Crippen MR) is 164 cm³/mol. The summed E-state index contributed by atoms with van der Waals surface area (Å²) in [6.07, 6.45) is 0.358. The molecule has 4 rings (SSSR count). The smallest absolute Gasteiger partial charge is 0.413 e. The normalized spacial score (nSPS) is 11.6. The standard InChI is InChI=1S/C32H37N5O5/c1-21-8-7-9-22(2)29(21)30(26-15-14-25(40-5)20-27(26)41-6)37(32(38)39)28-16-17-33-31(35-28)34-23-10-12-24(13-11-23)42-19-18-36(3)4/h7-17,20,30H,18-19H2,1-6H3,(H,38,39)(H,33,34,35). The Balaban J connectivity index is 1.73. The van der Waals surface area contributed by atoms with E-state index in [2.05, 4.69) is 20.2 Å². The Morgan fingerprint density at radius 3 is 2.26 bits per heavy atom. The average molecular weight is 572 g/mol. The van der Waals surface area contributed by atoms with E-state index in [-0.39, 0.29) is 11.8 Å². The maximum Gasteiger partial charge on any atom is 0.413 e. The molecule has 1 heterocycles. The fraction of sp³-hybridized carbons (Fsp3) is 0.281. The molecule has 42 heavy (non-hydrogen) atoms. The Hall–Kier alpha value is -4.83. The van der Waals surface area contributed by atoms with Gasteiger partial charge in [-0.2, -0.15) is 4.98 Å². The van der Waals surface area contributed by atoms with Gasteiger partial charge in [0.1, 0.15) is 29.7 Å². The molecule has 0 saturated carbocycles. The quantitative estimate of drug-likeness (QED) is 0.209. The molecule has 0 aliphatic heterocycles. The number of rotatable bonds is 12. The number of aromatic nitrogens is 2. The summed E-state index contributed by atoms with van der Waals surface area (Å²) in [5.41, 5.74) is 4.09. The lowest BCUT2D eigenvalue weighted by Crippen LogP contribution is -2.36. The molecule has 2 N–H and O–H groups in total. The maximum atomic E-state index is 13.0. The van der Waals surface area contributed by atoms with E-state index in [1.807, 2.05) is 76.5 Å². The van der Waals surface area contributed by atoms with Gasteiger partial charge in [0.2, 0.25) is 5.95 Å². The minimum absolute atomic E-state index is 0.203. The number of likely N-dealkylation sites (N-methyl/N-ethyl adjacent to an activating group) is 1. The molecule has 3 aromatic carbocycles. The molecule has 0 fully saturated rings. The molecule has 0 bridgehead atoms. The molecule has 1 atom stereocenters. The zero-order valence-electron chi connectivity index (χ0n) is 24.8. The highest BCUT2D eigenvalue weighted by atomic mass is 16.5. The first kappa shape index (κ1) is 30.1. The number of ether oxygens (including phenoxy) is 3. The van der Waals surface area contributed by atoms with Crippen molar-refractivity contribution in [2.24, 2.45) is 0 Å². The SMILES string of the molecule is COc1ccc(C(c2c(C)cccc2C)N(C(=O)O)c2ccnc(Nc3ccc(OCCN(C)C)cc3)n2)c(OC)c1. The van der Waals surface area contributed by atoms with Gasteiger partial charge in [-0.25, -0.2) is 14.7 Å². The highest BCUT2D eigenvalue weighted by Crippen LogP contribution is 2.41. The van der Waals surface area contributed by atoms with Crippen LogP contribution < -0.4 is 24.4 Å². The van der Waals surface area contributed by atoms with Crippen molar-refractivity contribution in [3.63, 3.8) is 0 Å². The van der Waals surface area contributed by atoms with Gasteiger partial charge in [-0.15, -0.1) is 0 Å². The number of aryl methyl sites for hydroxylation is 2. The average Bonchev–Trinajstić information content (AvgIpc) is 2.97. The van der Waals surface area contributed by atoms with Gasteiger partial charge in [0.05, 0.1) is 20.3 Å². The Labute approximate surface area is 246 Å². The third-order valence-electron chi connectivity index (χ3n) is 6.82. The minimum Gasteiger partial charge on any atom is -0.497 e. The highest BCUT2D eigenvalue weighted by molar-refractivity contribution is 5.87. The molecule has 0 aliphatic rings. The van der Waals surface area contributed by atoms with Crippen LogP contribution in [0.3, 0.4) is 0 Å². The molecule has 220 valence electrons. The van der Waals surface area contributed by atoms with E-state index in [0.717, 1.165) is 34.7 Å². The molecule has 0 saturated heterocycles. The van der Waals surface area contributed by atoms with Gasteiger partial charge in [-0.05, 0) is 87.1 Å². The van der Waals surface area contributed by atoms with Crippen LogP contribution >= 0.6 is 0 Å². The number of carbonyl (C=O) groups is 1. The maximum absolute atomic E-state index is 13.0. The number of nitrogens with one attached hydrogen (secondary N) is 1. The van der Waals surface area contributed by atoms with Crippen molar-refractivity contribution >= 4 is 23.5 Å². The Morgan fingerprint density at radius 1 is 0.952 bits per heavy atom. The first-order valence-electron chi connectivity index (χ1n) is 13.5. The number of benzene rings is 3. The largest absolute Gasteiger partial charge is 0.497 e. The predicted octanol–water partition coefficient (Wildman–Crippen LogP) is 6.07. The summed E-state index contributed by atoms with van der Waals surface area (Å²) in [7, 11) is 7.11. The summed E-state index contributed by atoms with van der Waals surface area (Å²) in [4.78, 5) is 25.3. The van der Waals surface area contributed by atoms with Crippen LogP contribution in [0.25, 0.3) is 0 Å². The lowest BCUT2D eigenvalue weighted by Gasteiger charge is -2.32. The number of nitrogens with zero attached hydrogens (tertiary/aromatic N) is 4. The van der Waals surface area contributed by atoms with Gasteiger partial charge in [-0.1, -0.05) is 18.2 Å². The first-order chi connectivity index (χ1) is 20.2. The summed E-state index contributed by atoms with van der Waals surface area (Å²) >= 11 is 0. The number of methoxy groups -OCH3 is 2. The molecular weight excluding hydrogens is 534 g/mol. The van der Waals surface area contributed by atoms with E-state index in [9.17, 15) is 9.90 Å². The van der Waals surface area contributed by atoms with Crippen molar-refractivity contribution in [2.45, 2.75) is 19.9 Å². The second-order valence-electron chi connectivity index (χ2n) is 10.0. The van der Waals surface area contributed by atoms with Crippen LogP contribution in [-0.4, -0.2) is 67.5 Å². The summed E-state index contributed by atoms with van der Waals surface area (Å²) in [5.74, 6) is 2.30. The van der Waals surface area contributed by atoms with Crippen molar-refractivity contribution in [2.75, 3.05) is 51.7 Å². The lowest BCUT2D eigenvalue weighted by molar-refractivity contribution is 0.199. The zero-order chi connectivity index (χ0) is 30.2. The van der Waals surface area contributed by atoms with Gasteiger partial charge in [0, 0.05) is 30.1 Å². The number of carboxylic acid groups (broad SMARTS) is 1. The van der Waals surface area contributed by atoms with Crippen LogP contribution in [-0.2, 0) is 0 Å². The summed E-state index contributed by atoms with van der Waals surface area (Å²) in [6.45, 7) is 5.32. The topological polar surface area (TPSA) is 109 Å². The molecule has 4 aromatic rings. The molecular formula is C32H37N5O5. The van der Waals surface area contributed by atoms with Gasteiger partial charge in [0.15, 0.2) is 0 Å². The van der Waals surface area contributed by atoms with Gasteiger partial charge < -0.3 is 29.5 Å². The van der Waals surface area contributed by atoms with E-state index in [1.54, 1.807) is 32.4 Å². The Bertz CT molecular complexity index is 1490. The molecule has 1 unspecified atom stereocenters. The number of amides is 1. The van der Waals surface area contributed by atoms with Crippen molar-refractivity contribution in [3.8, 4) is 17.2 Å². The van der Waals surface area contributed by atoms with E-state index >= 15 is 0 Å². The second-order valence-corrected chi connectivity index (χ2v) is 10.0. The molecule has 0 spiro atoms. The number of hydrogen-bond acceptors (Lipinski definition) is 8. The van der Waals surface area contributed by atoms with Crippen LogP contribution in [0, 0.1) is 13.8 Å². The third kappa shape index (κ3) is 7.08. The van der Waals surface area contributed by atoms with Crippen molar-refractivity contribution in [3.05, 3.63) is 95.2 Å². The van der Waals surface area contributed by atoms with Gasteiger partial charge >= 0.3 is 6.09 Å². The highest BCUT2D eigenvalue weighted by Gasteiger charge is 2.34. The van der Waals surface area contributed by atoms with Crippen molar-refractivity contribution < 1.29 is 24.1 Å². The van der Waals surface area contributed by atoms with Crippen LogP contribution in [0.1, 0.15) is 28.3 Å². The zero-order valence-corrected chi connectivity index (χ0v) is 24.8. The third-order valence-corrected chi connectivity index (χ3v) is 6.82. The van der Waals surface area contributed by atoms with Crippen molar-refractivity contribution in [1.29, 1.82) is 0 Å². The van der Waals surface area contributed by atoms with E-state index in [0.29, 0.717) is 23.7 Å². The van der Waals surface area contributed by atoms with Crippen LogP contribution in [0.2, 0.25) is 0 Å². The monoisotopic (exact) mass is 571 g/mol. The summed E-state index contributed by atoms with van der Waals surface area (Å²) in [5, 5.41) is 13.8. The Morgan fingerprint density at radius 2 is 1.64 bits per heavy atom. The molecule has 10 nitrogen and oxygen atoms in total. The molecule has 0 aliphatic carbocycles. The van der Waals surface area contributed by atoms with Crippen molar-refractivity contribution in [1.82, 2.24) is 14.9 Å². The number of anilines is 3. The fourth-order valence-electron chi connectivity index (χ4n) is 4.72. The van der Waals surface area contributed by atoms with Gasteiger partial charge in [-0.3, -0.25) is 0 Å². The molecule has 1 amide bonds. The lowest BCUT2D eigenvalue weighted by atomic mass is 9.89. The van der Waals surface area contributed by atoms with Crippen LogP contribution in [0.4, 0.5) is 22.2 Å². The summed E-state index contributed by atoms with van der Waals surface area (Å²) in [6, 6.07) is 19.5. The van der Waals surface area contributed by atoms with E-state index < -0.39 is 12.1 Å². The molecule has 10 heteroatoms. The number of hydrogen-bond donors (Lipinski definition) is 2. The van der Waals surface area contributed by atoms with Crippen LogP contribution in [0.15, 0.2) is 72.9 Å². The van der Waals surface area contributed by atoms with Gasteiger partial charge in [0.25, 0.3) is 0 Å². The second kappa shape index (κ2) is 13.7. The van der Waals surface area contributed by atoms with Crippen LogP contribution in [0.5, 0.6) is 17.2 Å². The molecule has 1 aromatic heterocycles. The first-order valence-corrected chi connectivity index (χ1v) is 13.5.